The standard InChI is InChI=1S/C19H21N3O2/c1-13-10-16-4-2-3-5-17(16)22(12-13)18(23)15-8-6-14(7-9-15)11-21-19(20)24/h2-9,13H,10-12H2,1H3,(H3,20,21,24). The van der Waals surface area contributed by atoms with Crippen LogP contribution in [0.4, 0.5) is 10.5 Å². The lowest BCUT2D eigenvalue weighted by molar-refractivity contribution is 0.0981. The first-order chi connectivity index (χ1) is 11.5. The number of para-hydroxylation sites is 1. The Bertz CT molecular complexity index is 755. The van der Waals surface area contributed by atoms with Crippen LogP contribution in [-0.2, 0) is 13.0 Å². The van der Waals surface area contributed by atoms with Crippen molar-refractivity contribution in [2.45, 2.75) is 19.9 Å². The molecule has 0 aliphatic carbocycles. The molecule has 24 heavy (non-hydrogen) atoms. The fourth-order valence-electron chi connectivity index (χ4n) is 3.10. The van der Waals surface area contributed by atoms with Gasteiger partial charge in [0.25, 0.3) is 5.91 Å². The second-order valence-electron chi connectivity index (χ2n) is 6.27. The van der Waals surface area contributed by atoms with Crippen molar-refractivity contribution in [2.75, 3.05) is 11.4 Å². The first kappa shape index (κ1) is 16.1. The van der Waals surface area contributed by atoms with E-state index in [1.807, 2.05) is 35.2 Å². The van der Waals surface area contributed by atoms with E-state index in [1.54, 1.807) is 12.1 Å². The number of hydrogen-bond acceptors (Lipinski definition) is 2. The minimum Gasteiger partial charge on any atom is -0.352 e. The molecule has 2 aromatic rings. The van der Waals surface area contributed by atoms with E-state index in [1.165, 1.54) is 5.56 Å². The molecule has 3 rings (SSSR count). The third kappa shape index (κ3) is 3.40. The number of fused-ring (bicyclic) bond motifs is 1. The highest BCUT2D eigenvalue weighted by atomic mass is 16.2. The van der Waals surface area contributed by atoms with E-state index in [-0.39, 0.29) is 5.91 Å². The molecule has 0 saturated heterocycles. The molecule has 1 atom stereocenters. The van der Waals surface area contributed by atoms with Gasteiger partial charge in [0.1, 0.15) is 0 Å². The van der Waals surface area contributed by atoms with Gasteiger partial charge in [0.2, 0.25) is 0 Å². The normalized spacial score (nSPS) is 16.4. The third-order valence-electron chi connectivity index (χ3n) is 4.26. The zero-order valence-corrected chi connectivity index (χ0v) is 13.7. The molecule has 1 aliphatic rings. The molecule has 1 heterocycles. The van der Waals surface area contributed by atoms with Crippen molar-refractivity contribution in [1.82, 2.24) is 5.32 Å². The number of primary amides is 1. The Labute approximate surface area is 141 Å². The van der Waals surface area contributed by atoms with Crippen molar-refractivity contribution in [3.63, 3.8) is 0 Å². The predicted molar refractivity (Wildman–Crippen MR) is 93.9 cm³/mol. The van der Waals surface area contributed by atoms with E-state index < -0.39 is 6.03 Å². The van der Waals surface area contributed by atoms with E-state index in [0.29, 0.717) is 18.0 Å². The highest BCUT2D eigenvalue weighted by Crippen LogP contribution is 2.30. The van der Waals surface area contributed by atoms with Gasteiger partial charge < -0.3 is 16.0 Å². The third-order valence-corrected chi connectivity index (χ3v) is 4.26. The van der Waals surface area contributed by atoms with Crippen LogP contribution in [0.5, 0.6) is 0 Å². The maximum absolute atomic E-state index is 12.9. The van der Waals surface area contributed by atoms with E-state index in [9.17, 15) is 9.59 Å². The van der Waals surface area contributed by atoms with Crippen LogP contribution < -0.4 is 16.0 Å². The molecule has 124 valence electrons. The molecule has 0 bridgehead atoms. The summed E-state index contributed by atoms with van der Waals surface area (Å²) < 4.78 is 0. The van der Waals surface area contributed by atoms with Crippen molar-refractivity contribution in [1.29, 1.82) is 0 Å². The molecule has 1 aliphatic heterocycles. The van der Waals surface area contributed by atoms with Gasteiger partial charge in [-0.25, -0.2) is 4.79 Å². The van der Waals surface area contributed by atoms with E-state index in [4.69, 9.17) is 5.73 Å². The zero-order valence-electron chi connectivity index (χ0n) is 13.7. The molecular formula is C19H21N3O2. The number of nitrogens with zero attached hydrogens (tertiary/aromatic N) is 1. The molecule has 3 N–H and O–H groups in total. The van der Waals surface area contributed by atoms with Gasteiger partial charge in [-0.15, -0.1) is 0 Å². The smallest absolute Gasteiger partial charge is 0.312 e. The number of anilines is 1. The van der Waals surface area contributed by atoms with Crippen molar-refractivity contribution >= 4 is 17.6 Å². The van der Waals surface area contributed by atoms with Gasteiger partial charge >= 0.3 is 6.03 Å². The van der Waals surface area contributed by atoms with Crippen molar-refractivity contribution < 1.29 is 9.59 Å². The number of nitrogens with two attached hydrogens (primary N) is 1. The van der Waals surface area contributed by atoms with E-state index in [0.717, 1.165) is 24.2 Å². The number of carbonyl (C=O) groups is 2. The van der Waals surface area contributed by atoms with Crippen LogP contribution in [0, 0.1) is 5.92 Å². The van der Waals surface area contributed by atoms with E-state index in [2.05, 4.69) is 18.3 Å². The monoisotopic (exact) mass is 323 g/mol. The summed E-state index contributed by atoms with van der Waals surface area (Å²) in [5.74, 6) is 0.436. The molecule has 2 aromatic carbocycles. The molecule has 0 saturated carbocycles. The van der Waals surface area contributed by atoms with Crippen LogP contribution in [-0.4, -0.2) is 18.5 Å². The fourth-order valence-corrected chi connectivity index (χ4v) is 3.10. The SMILES string of the molecule is CC1Cc2ccccc2N(C(=O)c2ccc(CNC(N)=O)cc2)C1. The molecule has 0 radical (unpaired) electrons. The Hall–Kier alpha value is -2.82. The highest BCUT2D eigenvalue weighted by molar-refractivity contribution is 6.06. The summed E-state index contributed by atoms with van der Waals surface area (Å²) in [6.07, 6.45) is 0.998. The average molecular weight is 323 g/mol. The molecule has 0 fully saturated rings. The largest absolute Gasteiger partial charge is 0.352 e. The van der Waals surface area contributed by atoms with Crippen LogP contribution in [0.15, 0.2) is 48.5 Å². The highest BCUT2D eigenvalue weighted by Gasteiger charge is 2.26. The van der Waals surface area contributed by atoms with Crippen LogP contribution in [0.1, 0.15) is 28.4 Å². The Balaban J connectivity index is 1.80. The molecule has 5 heteroatoms. The average Bonchev–Trinajstić information content (AvgIpc) is 2.59. The predicted octanol–water partition coefficient (Wildman–Crippen LogP) is 2.69. The topological polar surface area (TPSA) is 75.4 Å². The number of carbonyl (C=O) groups excluding carboxylic acids is 2. The van der Waals surface area contributed by atoms with Crippen LogP contribution in [0.25, 0.3) is 0 Å². The van der Waals surface area contributed by atoms with Gasteiger partial charge in [-0.3, -0.25) is 4.79 Å². The van der Waals surface area contributed by atoms with Gasteiger partial charge in [0, 0.05) is 24.3 Å². The lowest BCUT2D eigenvalue weighted by Gasteiger charge is -2.33. The van der Waals surface area contributed by atoms with Gasteiger partial charge in [-0.1, -0.05) is 37.3 Å². The molecule has 1 unspecified atom stereocenters. The number of hydrogen-bond donors (Lipinski definition) is 2. The van der Waals surface area contributed by atoms with Gasteiger partial charge in [0.05, 0.1) is 0 Å². The van der Waals surface area contributed by atoms with Crippen LogP contribution in [0.2, 0.25) is 0 Å². The number of nitrogens with one attached hydrogen (secondary N) is 1. The molecule has 5 nitrogen and oxygen atoms in total. The summed E-state index contributed by atoms with van der Waals surface area (Å²) >= 11 is 0. The van der Waals surface area contributed by atoms with Crippen molar-refractivity contribution in [3.8, 4) is 0 Å². The van der Waals surface area contributed by atoms with E-state index >= 15 is 0 Å². The maximum atomic E-state index is 12.9. The summed E-state index contributed by atoms with van der Waals surface area (Å²) in [6.45, 7) is 3.24. The zero-order chi connectivity index (χ0) is 17.1. The summed E-state index contributed by atoms with van der Waals surface area (Å²) in [5.41, 5.74) is 8.82. The van der Waals surface area contributed by atoms with Crippen LogP contribution >= 0.6 is 0 Å². The minimum absolute atomic E-state index is 0.00316. The fraction of sp³-hybridized carbons (Fsp3) is 0.263. The second kappa shape index (κ2) is 6.74. The molecule has 0 spiro atoms. The number of amides is 3. The summed E-state index contributed by atoms with van der Waals surface area (Å²) in [4.78, 5) is 25.5. The Morgan fingerprint density at radius 2 is 1.88 bits per heavy atom. The molecule has 3 amide bonds. The summed E-state index contributed by atoms with van der Waals surface area (Å²) in [5, 5.41) is 2.54. The Morgan fingerprint density at radius 1 is 1.17 bits per heavy atom. The number of urea groups is 1. The Kier molecular flexibility index (Phi) is 4.51. The van der Waals surface area contributed by atoms with Crippen molar-refractivity contribution in [2.24, 2.45) is 11.7 Å². The number of benzene rings is 2. The lowest BCUT2D eigenvalue weighted by Crippen LogP contribution is -2.39. The molecular weight excluding hydrogens is 302 g/mol. The first-order valence-electron chi connectivity index (χ1n) is 8.06. The first-order valence-corrected chi connectivity index (χ1v) is 8.06. The van der Waals surface area contributed by atoms with Gasteiger partial charge in [-0.2, -0.15) is 0 Å². The maximum Gasteiger partial charge on any atom is 0.312 e. The Morgan fingerprint density at radius 3 is 2.58 bits per heavy atom. The molecule has 0 aromatic heterocycles. The second-order valence-corrected chi connectivity index (χ2v) is 6.27. The van der Waals surface area contributed by atoms with Crippen LogP contribution in [0.3, 0.4) is 0 Å². The van der Waals surface area contributed by atoms with Gasteiger partial charge in [0.15, 0.2) is 0 Å². The number of rotatable bonds is 3. The van der Waals surface area contributed by atoms with Crippen molar-refractivity contribution in [3.05, 3.63) is 65.2 Å². The lowest BCUT2D eigenvalue weighted by atomic mass is 9.93. The van der Waals surface area contributed by atoms with Gasteiger partial charge in [-0.05, 0) is 41.7 Å². The minimum atomic E-state index is -0.561. The summed E-state index contributed by atoms with van der Waals surface area (Å²) in [6, 6.07) is 14.8. The quantitative estimate of drug-likeness (QED) is 0.911. The summed E-state index contributed by atoms with van der Waals surface area (Å²) in [7, 11) is 0.